The third kappa shape index (κ3) is 20.2. The summed E-state index contributed by atoms with van der Waals surface area (Å²) in [4.78, 5) is 124. The molecule has 2 unspecified atom stereocenters. The lowest BCUT2D eigenvalue weighted by atomic mass is 9.88. The van der Waals surface area contributed by atoms with Gasteiger partial charge in [-0.1, -0.05) is 78.6 Å². The fourth-order valence-corrected chi connectivity index (χ4v) is 7.87. The Morgan fingerprint density at radius 1 is 0.708 bits per heavy atom. The Kier molecular flexibility index (Phi) is 24.6. The van der Waals surface area contributed by atoms with Gasteiger partial charge in [-0.3, -0.25) is 48.2 Å². The molecule has 362 valence electrons. The topological polar surface area (TPSA) is 236 Å². The van der Waals surface area contributed by atoms with Crippen LogP contribution in [0.25, 0.3) is 0 Å². The summed E-state index contributed by atoms with van der Waals surface area (Å²) in [5.74, 6) is -1.96. The minimum absolute atomic E-state index is 0.0124. The summed E-state index contributed by atoms with van der Waals surface area (Å²) in [6.45, 7) is 15.7. The highest BCUT2D eigenvalue weighted by Crippen LogP contribution is 2.28. The van der Waals surface area contributed by atoms with Gasteiger partial charge in [0.1, 0.15) is 18.2 Å². The first-order valence-electron chi connectivity index (χ1n) is 23.4. The molecule has 1 aromatic carbocycles. The average Bonchev–Trinajstić information content (AvgIpc) is 3.68. The summed E-state index contributed by atoms with van der Waals surface area (Å²) >= 11 is 0. The van der Waals surface area contributed by atoms with Crippen molar-refractivity contribution >= 4 is 58.9 Å². The van der Waals surface area contributed by atoms with E-state index in [1.807, 2.05) is 41.5 Å². The van der Waals surface area contributed by atoms with Gasteiger partial charge >= 0.3 is 12.0 Å². The molecule has 16 heteroatoms. The van der Waals surface area contributed by atoms with Crippen molar-refractivity contribution in [2.24, 2.45) is 41.2 Å². The number of urea groups is 1. The Bertz CT molecular complexity index is 1810. The second kappa shape index (κ2) is 28.6. The van der Waals surface area contributed by atoms with Crippen LogP contribution >= 0.6 is 0 Å². The number of hydrogen-bond donors (Lipinski definition) is 3. The van der Waals surface area contributed by atoms with Crippen LogP contribution in [-0.4, -0.2) is 94.4 Å². The molecule has 0 saturated carbocycles. The number of nitrogens with two attached hydrogens (primary N) is 1. The zero-order valence-electron chi connectivity index (χ0n) is 40.0. The zero-order chi connectivity index (χ0) is 48.8. The molecule has 16 nitrogen and oxygen atoms in total. The molecule has 2 heterocycles. The molecule has 2 aliphatic heterocycles. The largest absolute Gasteiger partial charge is 0.461 e. The maximum absolute atomic E-state index is 13.4. The van der Waals surface area contributed by atoms with Crippen LogP contribution in [0.1, 0.15) is 150 Å². The van der Waals surface area contributed by atoms with Crippen LogP contribution in [0.3, 0.4) is 0 Å². The molecular weight excluding hydrogens is 835 g/mol. The van der Waals surface area contributed by atoms with Crippen LogP contribution in [0, 0.1) is 35.5 Å². The monoisotopic (exact) mass is 910 g/mol. The van der Waals surface area contributed by atoms with Crippen molar-refractivity contribution < 1.29 is 52.7 Å². The molecule has 65 heavy (non-hydrogen) atoms. The molecule has 0 aliphatic carbocycles. The summed E-state index contributed by atoms with van der Waals surface area (Å²) in [7, 11) is 0. The number of imide groups is 2. The molecule has 0 aromatic heterocycles. The van der Waals surface area contributed by atoms with Crippen molar-refractivity contribution in [3.05, 3.63) is 35.4 Å². The second-order valence-corrected chi connectivity index (χ2v) is 18.5. The van der Waals surface area contributed by atoms with Crippen LogP contribution in [0.15, 0.2) is 24.3 Å². The lowest BCUT2D eigenvalue weighted by molar-refractivity contribution is -0.142. The summed E-state index contributed by atoms with van der Waals surface area (Å²) in [5, 5.41) is 5.36. The Hall–Kier alpha value is -5.28. The van der Waals surface area contributed by atoms with Gasteiger partial charge in [0.05, 0.1) is 6.04 Å². The van der Waals surface area contributed by atoms with Gasteiger partial charge < -0.3 is 25.9 Å². The van der Waals surface area contributed by atoms with E-state index in [0.717, 1.165) is 30.4 Å². The molecule has 3 rings (SSSR count). The molecule has 2 saturated heterocycles. The van der Waals surface area contributed by atoms with E-state index in [-0.39, 0.29) is 128 Å². The van der Waals surface area contributed by atoms with Gasteiger partial charge in [-0.05, 0) is 74.3 Å². The predicted octanol–water partition coefficient (Wildman–Crippen LogP) is 5.78. The maximum atomic E-state index is 13.4. The molecule has 0 radical (unpaired) electrons. The van der Waals surface area contributed by atoms with E-state index in [9.17, 15) is 47.9 Å². The first-order valence-corrected chi connectivity index (χ1v) is 23.4. The lowest BCUT2D eigenvalue weighted by Gasteiger charge is -2.24. The first kappa shape index (κ1) is 55.9. The van der Waals surface area contributed by atoms with Gasteiger partial charge in [0.2, 0.25) is 29.5 Å². The van der Waals surface area contributed by atoms with Gasteiger partial charge in [0, 0.05) is 82.8 Å². The van der Waals surface area contributed by atoms with Gasteiger partial charge in [-0.15, -0.1) is 0 Å². The summed E-state index contributed by atoms with van der Waals surface area (Å²) in [6, 6.07) is 5.56. The van der Waals surface area contributed by atoms with E-state index in [1.165, 1.54) is 16.7 Å². The molecule has 0 bridgehead atoms. The minimum Gasteiger partial charge on any atom is -0.461 e. The van der Waals surface area contributed by atoms with Crippen molar-refractivity contribution in [1.82, 2.24) is 20.4 Å². The quantitative estimate of drug-likeness (QED) is 0.0517. The molecule has 2 fully saturated rings. The van der Waals surface area contributed by atoms with Gasteiger partial charge in [-0.25, -0.2) is 4.79 Å². The van der Waals surface area contributed by atoms with E-state index in [2.05, 4.69) is 10.6 Å². The van der Waals surface area contributed by atoms with Gasteiger partial charge in [0.25, 0.3) is 0 Å². The fraction of sp³-hybridized carbons (Fsp3) is 0.673. The minimum atomic E-state index is -0.833. The van der Waals surface area contributed by atoms with Crippen LogP contribution in [0.2, 0.25) is 0 Å². The zero-order valence-corrected chi connectivity index (χ0v) is 40.0. The number of nitrogens with zero attached hydrogens (tertiary/aromatic N) is 2. The highest BCUT2D eigenvalue weighted by Gasteiger charge is 2.40. The molecule has 7 amide bonds. The number of carbonyl (C=O) groups is 10. The number of rotatable bonds is 28. The number of ether oxygens (including phenoxy) is 1. The van der Waals surface area contributed by atoms with E-state index < -0.39 is 18.0 Å². The molecule has 4 N–H and O–H groups in total. The first-order chi connectivity index (χ1) is 30.6. The van der Waals surface area contributed by atoms with Crippen LogP contribution in [0.5, 0.6) is 0 Å². The number of ketones is 3. The number of Topliss-reactive ketones (excluding diaryl/α,β-unsaturated/α-hetero) is 3. The number of esters is 1. The van der Waals surface area contributed by atoms with Gasteiger partial charge in [-0.2, -0.15) is 0 Å². The van der Waals surface area contributed by atoms with Crippen LogP contribution in [-0.2, 0) is 60.9 Å². The maximum Gasteiger partial charge on any atom is 0.312 e. The SMILES string of the molecule is CC(=O)CCCCCN1C(=O)CC(C(C)C)C1=O.CC(=O)OCc1ccc(CC(=O)[C@H](CCCNC(N)=O)NC(=O)[C@@H](CC(=O)CCCCCN2C(=O)CC(C(C)C)C2=O)C(C)C)cc1. The summed E-state index contributed by atoms with van der Waals surface area (Å²) in [5.41, 5.74) is 6.66. The van der Waals surface area contributed by atoms with Crippen LogP contribution in [0.4, 0.5) is 4.79 Å². The molecular formula is C49H75N5O11. The number of unbranched alkanes of at least 4 members (excludes halogenated alkanes) is 4. The lowest BCUT2D eigenvalue weighted by Crippen LogP contribution is -2.46. The third-order valence-corrected chi connectivity index (χ3v) is 12.0. The van der Waals surface area contributed by atoms with Gasteiger partial charge in [0.15, 0.2) is 5.78 Å². The highest BCUT2D eigenvalue weighted by atomic mass is 16.5. The normalized spacial score (nSPS) is 17.0. The van der Waals surface area contributed by atoms with E-state index >= 15 is 0 Å². The second-order valence-electron chi connectivity index (χ2n) is 18.5. The van der Waals surface area contributed by atoms with Crippen molar-refractivity contribution in [3.63, 3.8) is 0 Å². The molecule has 4 atom stereocenters. The summed E-state index contributed by atoms with van der Waals surface area (Å²) in [6.07, 6.45) is 6.68. The van der Waals surface area contributed by atoms with Crippen molar-refractivity contribution in [3.8, 4) is 0 Å². The van der Waals surface area contributed by atoms with E-state index in [0.29, 0.717) is 51.6 Å². The number of amides is 7. The van der Waals surface area contributed by atoms with Crippen molar-refractivity contribution in [1.29, 1.82) is 0 Å². The molecule has 2 aliphatic rings. The Morgan fingerprint density at radius 2 is 1.22 bits per heavy atom. The van der Waals surface area contributed by atoms with Crippen LogP contribution < -0.4 is 16.4 Å². The van der Waals surface area contributed by atoms with Crippen molar-refractivity contribution in [2.45, 2.75) is 158 Å². The highest BCUT2D eigenvalue weighted by molar-refractivity contribution is 6.04. The number of hydrogen-bond acceptors (Lipinski definition) is 11. The number of carbonyl (C=O) groups excluding carboxylic acids is 10. The number of benzene rings is 1. The van der Waals surface area contributed by atoms with E-state index in [4.69, 9.17) is 10.5 Å². The Morgan fingerprint density at radius 3 is 1.66 bits per heavy atom. The number of primary amides is 1. The average molecular weight is 910 g/mol. The number of likely N-dealkylation sites (tertiary alicyclic amines) is 2. The standard InChI is InChI=1S/C35H52N4O8.C14H23NO3/c1-22(2)28(19-27(41)10-7-6-8-17-39-32(43)20-29(23(3)4)34(39)45)33(44)38-30(11-9-16-37-35(36)46)31(42)18-25-12-14-26(15-13-25)21-47-24(5)40;1-10(2)12-9-13(17)15(14(12)18)8-6-4-5-7-11(3)16/h12-15,22-23,28-30H,6-11,16-21H2,1-5H3,(H,38,44)(H3,36,37,46);10,12H,4-9H2,1-3H3/t28-,29?,30-;/m0./s1. The predicted molar refractivity (Wildman–Crippen MR) is 244 cm³/mol. The fourth-order valence-electron chi connectivity index (χ4n) is 7.87. The smallest absolute Gasteiger partial charge is 0.312 e. The molecule has 1 aromatic rings. The molecule has 0 spiro atoms. The van der Waals surface area contributed by atoms with E-state index in [1.54, 1.807) is 31.2 Å². The summed E-state index contributed by atoms with van der Waals surface area (Å²) < 4.78 is 5.00. The number of nitrogens with one attached hydrogen (secondary N) is 2. The van der Waals surface area contributed by atoms with Crippen molar-refractivity contribution in [2.75, 3.05) is 19.6 Å². The Labute approximate surface area is 385 Å². The Balaban J connectivity index is 0.000000671. The third-order valence-electron chi connectivity index (χ3n) is 12.0.